The number of fused-ring (bicyclic) bond motifs is 2. The topological polar surface area (TPSA) is 128 Å². The van der Waals surface area contributed by atoms with Crippen LogP contribution in [0.25, 0.3) is 5.76 Å². The fourth-order valence-electron chi connectivity index (χ4n) is 5.21. The fraction of sp³-hybridized carbons (Fsp3) is 0.172. The maximum absolute atomic E-state index is 14.4. The van der Waals surface area contributed by atoms with Crippen molar-refractivity contribution in [1.29, 1.82) is 0 Å². The van der Waals surface area contributed by atoms with Gasteiger partial charge in [-0.1, -0.05) is 30.3 Å². The van der Waals surface area contributed by atoms with Gasteiger partial charge in [0.2, 0.25) is 10.0 Å². The van der Waals surface area contributed by atoms with E-state index in [0.29, 0.717) is 16.8 Å². The number of anilines is 1. The van der Waals surface area contributed by atoms with Gasteiger partial charge in [0.1, 0.15) is 5.76 Å². The van der Waals surface area contributed by atoms with Crippen molar-refractivity contribution in [3.8, 4) is 0 Å². The zero-order valence-corrected chi connectivity index (χ0v) is 22.6. The number of Topliss-reactive ketones (excluding diaryl/α,β-unsaturated/α-hetero) is 1. The van der Waals surface area contributed by atoms with Crippen LogP contribution in [0.1, 0.15) is 16.7 Å². The number of aliphatic hydroxyl groups is 1. The summed E-state index contributed by atoms with van der Waals surface area (Å²) >= 11 is 0. The van der Waals surface area contributed by atoms with E-state index in [-0.39, 0.29) is 23.5 Å². The Morgan fingerprint density at radius 3 is 2.38 bits per heavy atom. The molecule has 11 heteroatoms. The second kappa shape index (κ2) is 9.85. The number of ketones is 1. The molecular weight excluding hydrogens is 532 g/mol. The van der Waals surface area contributed by atoms with Crippen LogP contribution in [0.2, 0.25) is 0 Å². The molecule has 1 aromatic heterocycles. The number of para-hydroxylation sites is 1. The number of aromatic nitrogens is 1. The van der Waals surface area contributed by atoms with Crippen molar-refractivity contribution in [1.82, 2.24) is 14.2 Å². The van der Waals surface area contributed by atoms with Crippen molar-refractivity contribution >= 4 is 39.1 Å². The van der Waals surface area contributed by atoms with Gasteiger partial charge in [0.25, 0.3) is 17.6 Å². The Labute approximate surface area is 231 Å². The summed E-state index contributed by atoms with van der Waals surface area (Å²) in [6, 6.07) is 15.4. The Hall–Kier alpha value is -4.61. The van der Waals surface area contributed by atoms with Crippen molar-refractivity contribution in [2.75, 3.05) is 25.5 Å². The minimum absolute atomic E-state index is 0.0276. The van der Waals surface area contributed by atoms with E-state index >= 15 is 0 Å². The summed E-state index contributed by atoms with van der Waals surface area (Å²) in [6.07, 6.45) is 4.63. The second-order valence-electron chi connectivity index (χ2n) is 9.55. The van der Waals surface area contributed by atoms with Gasteiger partial charge in [-0.3, -0.25) is 19.4 Å². The molecule has 5 rings (SSSR count). The molecule has 1 saturated heterocycles. The first-order chi connectivity index (χ1) is 19.1. The van der Waals surface area contributed by atoms with Crippen molar-refractivity contribution in [2.45, 2.75) is 17.0 Å². The van der Waals surface area contributed by atoms with Gasteiger partial charge in [-0.25, -0.2) is 12.7 Å². The van der Waals surface area contributed by atoms with Crippen LogP contribution in [-0.2, 0) is 36.5 Å². The first-order valence-corrected chi connectivity index (χ1v) is 13.7. The highest BCUT2D eigenvalue weighted by atomic mass is 32.2. The Morgan fingerprint density at radius 2 is 1.75 bits per heavy atom. The molecule has 10 nitrogen and oxygen atoms in total. The molecule has 1 fully saturated rings. The van der Waals surface area contributed by atoms with Crippen LogP contribution in [0.5, 0.6) is 0 Å². The normalized spacial score (nSPS) is 20.0. The molecule has 0 radical (unpaired) electrons. The van der Waals surface area contributed by atoms with Crippen LogP contribution in [0.15, 0.2) is 96.2 Å². The molecule has 40 heavy (non-hydrogen) atoms. The van der Waals surface area contributed by atoms with Gasteiger partial charge in [0.15, 0.2) is 5.54 Å². The predicted octanol–water partition coefficient (Wildman–Crippen LogP) is 2.64. The molecule has 2 aromatic carbocycles. The van der Waals surface area contributed by atoms with Gasteiger partial charge in [0.05, 0.1) is 16.2 Å². The lowest BCUT2D eigenvalue weighted by atomic mass is 9.81. The molecule has 1 N–H and O–H groups in total. The van der Waals surface area contributed by atoms with Gasteiger partial charge in [-0.15, -0.1) is 6.58 Å². The van der Waals surface area contributed by atoms with Crippen molar-refractivity contribution in [3.63, 3.8) is 0 Å². The second-order valence-corrected chi connectivity index (χ2v) is 11.7. The molecule has 1 unspecified atom stereocenters. The zero-order chi connectivity index (χ0) is 28.8. The summed E-state index contributed by atoms with van der Waals surface area (Å²) in [4.78, 5) is 48.4. The molecule has 2 aliphatic heterocycles. The average molecular weight is 559 g/mol. The molecule has 1 atom stereocenters. The smallest absolute Gasteiger partial charge is 0.296 e. The summed E-state index contributed by atoms with van der Waals surface area (Å²) in [5.74, 6) is -3.18. The highest BCUT2D eigenvalue weighted by Crippen LogP contribution is 2.54. The fourth-order valence-corrected chi connectivity index (χ4v) is 6.11. The molecule has 0 aliphatic carbocycles. The van der Waals surface area contributed by atoms with Gasteiger partial charge in [-0.2, -0.15) is 0 Å². The molecule has 3 aromatic rings. The Balaban J connectivity index is 1.77. The number of rotatable bonds is 7. The number of aliphatic hydroxyl groups excluding tert-OH is 1. The molecule has 3 heterocycles. The van der Waals surface area contributed by atoms with E-state index in [1.807, 2.05) is 0 Å². The number of benzene rings is 2. The number of pyridine rings is 1. The molecule has 2 amide bonds. The molecule has 2 aliphatic rings. The van der Waals surface area contributed by atoms with E-state index in [4.69, 9.17) is 0 Å². The maximum atomic E-state index is 14.4. The minimum Gasteiger partial charge on any atom is -0.507 e. The van der Waals surface area contributed by atoms with Crippen molar-refractivity contribution < 1.29 is 27.9 Å². The molecule has 0 bridgehead atoms. The van der Waals surface area contributed by atoms with E-state index in [2.05, 4.69) is 11.6 Å². The maximum Gasteiger partial charge on any atom is 0.296 e. The van der Waals surface area contributed by atoms with Crippen molar-refractivity contribution in [2.24, 2.45) is 0 Å². The molecule has 1 spiro atoms. The number of amides is 2. The predicted molar refractivity (Wildman–Crippen MR) is 147 cm³/mol. The summed E-state index contributed by atoms with van der Waals surface area (Å²) in [5, 5.41) is 11.6. The summed E-state index contributed by atoms with van der Waals surface area (Å²) in [7, 11) is -0.969. The largest absolute Gasteiger partial charge is 0.507 e. The number of nitrogens with zero attached hydrogens (tertiary/aromatic N) is 4. The van der Waals surface area contributed by atoms with Crippen LogP contribution in [0.4, 0.5) is 5.69 Å². The van der Waals surface area contributed by atoms with Crippen LogP contribution in [0.3, 0.4) is 0 Å². The Kier molecular flexibility index (Phi) is 6.64. The first kappa shape index (κ1) is 27.0. The number of hydrogen-bond acceptors (Lipinski definition) is 7. The third-order valence-corrected chi connectivity index (χ3v) is 8.92. The lowest BCUT2D eigenvalue weighted by molar-refractivity contribution is -0.144. The first-order valence-electron chi connectivity index (χ1n) is 12.3. The third kappa shape index (κ3) is 3.85. The van der Waals surface area contributed by atoms with E-state index in [1.165, 1.54) is 60.4 Å². The quantitative estimate of drug-likeness (QED) is 0.204. The number of hydrogen-bond donors (Lipinski definition) is 1. The highest BCUT2D eigenvalue weighted by Gasteiger charge is 2.67. The van der Waals surface area contributed by atoms with Crippen LogP contribution in [0, 0.1) is 0 Å². The zero-order valence-electron chi connectivity index (χ0n) is 21.8. The molecular formula is C29H26N4O6S. The summed E-state index contributed by atoms with van der Waals surface area (Å²) < 4.78 is 26.1. The summed E-state index contributed by atoms with van der Waals surface area (Å²) in [5.41, 5.74) is -0.878. The van der Waals surface area contributed by atoms with E-state index in [1.54, 1.807) is 42.6 Å². The minimum atomic E-state index is -3.76. The van der Waals surface area contributed by atoms with E-state index in [9.17, 15) is 27.9 Å². The van der Waals surface area contributed by atoms with Gasteiger partial charge >= 0.3 is 0 Å². The Bertz CT molecular complexity index is 1680. The van der Waals surface area contributed by atoms with Gasteiger partial charge < -0.3 is 14.9 Å². The van der Waals surface area contributed by atoms with Crippen molar-refractivity contribution in [3.05, 3.63) is 108 Å². The number of sulfonamides is 1. The van der Waals surface area contributed by atoms with E-state index < -0.39 is 44.5 Å². The Morgan fingerprint density at radius 1 is 1.05 bits per heavy atom. The lowest BCUT2D eigenvalue weighted by Crippen LogP contribution is -2.51. The lowest BCUT2D eigenvalue weighted by Gasteiger charge is -2.34. The van der Waals surface area contributed by atoms with Gasteiger partial charge in [0, 0.05) is 50.7 Å². The highest BCUT2D eigenvalue weighted by molar-refractivity contribution is 7.89. The standard InChI is InChI=1S/C29H26N4O6S/c1-4-16-32-23-10-6-5-9-22(23)29(28(32)37)24(26(35)27(36)33(29)18-19-8-7-15-30-17-19)25(34)20-11-13-21(14-12-20)40(38,39)31(2)3/h4-15,17,34H,1,16,18H2,2-3H3/b25-24+. The summed E-state index contributed by atoms with van der Waals surface area (Å²) in [6.45, 7) is 3.72. The monoisotopic (exact) mass is 558 g/mol. The third-order valence-electron chi connectivity index (χ3n) is 7.09. The average Bonchev–Trinajstić information content (AvgIpc) is 3.32. The van der Waals surface area contributed by atoms with E-state index in [0.717, 1.165) is 4.31 Å². The SMILES string of the molecule is C=CCN1C(=O)C2(/C(=C(/O)c3ccc(S(=O)(=O)N(C)C)cc3)C(=O)C(=O)N2Cc2cccnc2)c2ccccc21. The molecule has 204 valence electrons. The van der Waals surface area contributed by atoms with Crippen LogP contribution < -0.4 is 4.90 Å². The number of carbonyl (C=O) groups excluding carboxylic acids is 3. The number of carbonyl (C=O) groups is 3. The molecule has 0 saturated carbocycles. The van der Waals surface area contributed by atoms with Gasteiger partial charge in [-0.05, 0) is 42.0 Å². The van der Waals surface area contributed by atoms with Crippen LogP contribution in [-0.4, -0.2) is 66.0 Å². The van der Waals surface area contributed by atoms with Crippen LogP contribution >= 0.6 is 0 Å². The number of likely N-dealkylation sites (tertiary alicyclic amines) is 1.